The molecule has 0 amide bonds. The van der Waals surface area contributed by atoms with Gasteiger partial charge in [0.25, 0.3) is 0 Å². The fraction of sp³-hybridized carbons (Fsp3) is 0.357. The van der Waals surface area contributed by atoms with Crippen molar-refractivity contribution in [3.05, 3.63) is 51.3 Å². The first-order valence-electron chi connectivity index (χ1n) is 6.30. The molecule has 19 heavy (non-hydrogen) atoms. The third-order valence-electron chi connectivity index (χ3n) is 3.06. The van der Waals surface area contributed by atoms with Crippen LogP contribution in [0.5, 0.6) is 0 Å². The summed E-state index contributed by atoms with van der Waals surface area (Å²) in [6, 6.07) is 5.53. The van der Waals surface area contributed by atoms with Crippen LogP contribution in [0.15, 0.2) is 24.4 Å². The summed E-state index contributed by atoms with van der Waals surface area (Å²) in [5.74, 6) is 0. The molecular formula is C14H17Cl2N3. The third-order valence-corrected chi connectivity index (χ3v) is 3.66. The first-order chi connectivity index (χ1) is 9.16. The van der Waals surface area contributed by atoms with E-state index in [2.05, 4.69) is 15.5 Å². The predicted molar refractivity (Wildman–Crippen MR) is 79.8 cm³/mol. The van der Waals surface area contributed by atoms with Crippen LogP contribution in [0.2, 0.25) is 10.0 Å². The number of rotatable bonds is 6. The highest BCUT2D eigenvalue weighted by Crippen LogP contribution is 2.20. The van der Waals surface area contributed by atoms with Gasteiger partial charge >= 0.3 is 0 Å². The lowest BCUT2D eigenvalue weighted by molar-refractivity contribution is 0.649. The highest BCUT2D eigenvalue weighted by molar-refractivity contribution is 6.33. The summed E-state index contributed by atoms with van der Waals surface area (Å²) in [5, 5.41) is 11.8. The number of aryl methyl sites for hydroxylation is 2. The van der Waals surface area contributed by atoms with Crippen molar-refractivity contribution < 1.29 is 0 Å². The Kier molecular flexibility index (Phi) is 5.25. The van der Waals surface area contributed by atoms with Crippen molar-refractivity contribution in [3.8, 4) is 0 Å². The molecule has 0 saturated heterocycles. The second kappa shape index (κ2) is 6.94. The van der Waals surface area contributed by atoms with Gasteiger partial charge in [-0.1, -0.05) is 23.2 Å². The standard InChI is InChI=1S/C14H17Cl2N3/c1-10-11(9-18-19-10)3-2-6-17-8-12-7-13(15)4-5-14(12)16/h4-5,7,9,17H,2-3,6,8H2,1H3,(H,18,19). The Bertz CT molecular complexity index is 537. The largest absolute Gasteiger partial charge is 0.313 e. The zero-order valence-electron chi connectivity index (χ0n) is 10.8. The van der Waals surface area contributed by atoms with E-state index in [1.807, 2.05) is 25.3 Å². The molecule has 5 heteroatoms. The van der Waals surface area contributed by atoms with Crippen LogP contribution in [0, 0.1) is 6.92 Å². The van der Waals surface area contributed by atoms with Crippen LogP contribution in [-0.2, 0) is 13.0 Å². The van der Waals surface area contributed by atoms with Gasteiger partial charge in [0.2, 0.25) is 0 Å². The van der Waals surface area contributed by atoms with Gasteiger partial charge in [-0.25, -0.2) is 0 Å². The van der Waals surface area contributed by atoms with Gasteiger partial charge in [0, 0.05) is 22.3 Å². The zero-order valence-corrected chi connectivity index (χ0v) is 12.4. The Morgan fingerprint density at radius 1 is 1.26 bits per heavy atom. The van der Waals surface area contributed by atoms with Gasteiger partial charge < -0.3 is 5.32 Å². The fourth-order valence-corrected chi connectivity index (χ4v) is 2.31. The van der Waals surface area contributed by atoms with Crippen LogP contribution in [-0.4, -0.2) is 16.7 Å². The molecule has 0 bridgehead atoms. The molecule has 2 N–H and O–H groups in total. The molecule has 0 spiro atoms. The van der Waals surface area contributed by atoms with Gasteiger partial charge in [-0.3, -0.25) is 5.10 Å². The molecule has 0 fully saturated rings. The van der Waals surface area contributed by atoms with Gasteiger partial charge in [0.15, 0.2) is 0 Å². The fourth-order valence-electron chi connectivity index (χ4n) is 1.93. The number of H-pyrrole nitrogens is 1. The quantitative estimate of drug-likeness (QED) is 0.797. The van der Waals surface area contributed by atoms with Crippen molar-refractivity contribution >= 4 is 23.2 Å². The summed E-state index contributed by atoms with van der Waals surface area (Å²) in [6.45, 7) is 3.72. The molecule has 1 aromatic carbocycles. The van der Waals surface area contributed by atoms with Crippen molar-refractivity contribution in [2.24, 2.45) is 0 Å². The average molecular weight is 298 g/mol. The van der Waals surface area contributed by atoms with Crippen molar-refractivity contribution in [1.82, 2.24) is 15.5 Å². The molecule has 2 rings (SSSR count). The van der Waals surface area contributed by atoms with Crippen molar-refractivity contribution in [2.45, 2.75) is 26.3 Å². The first kappa shape index (κ1) is 14.4. The Labute approximate surface area is 123 Å². The molecule has 3 nitrogen and oxygen atoms in total. The van der Waals surface area contributed by atoms with Crippen LogP contribution in [0.4, 0.5) is 0 Å². The minimum atomic E-state index is 0.718. The van der Waals surface area contributed by atoms with Crippen molar-refractivity contribution in [2.75, 3.05) is 6.54 Å². The van der Waals surface area contributed by atoms with Gasteiger partial charge in [-0.15, -0.1) is 0 Å². The van der Waals surface area contributed by atoms with Gasteiger partial charge in [0.1, 0.15) is 0 Å². The maximum Gasteiger partial charge on any atom is 0.0522 e. The van der Waals surface area contributed by atoms with E-state index in [4.69, 9.17) is 23.2 Å². The molecule has 0 atom stereocenters. The van der Waals surface area contributed by atoms with E-state index in [9.17, 15) is 0 Å². The maximum absolute atomic E-state index is 6.10. The summed E-state index contributed by atoms with van der Waals surface area (Å²) < 4.78 is 0. The predicted octanol–water partition coefficient (Wildman–Crippen LogP) is 3.75. The van der Waals surface area contributed by atoms with E-state index in [1.165, 1.54) is 5.56 Å². The molecule has 2 aromatic rings. The van der Waals surface area contributed by atoms with Crippen LogP contribution < -0.4 is 5.32 Å². The summed E-state index contributed by atoms with van der Waals surface area (Å²) in [7, 11) is 0. The lowest BCUT2D eigenvalue weighted by Crippen LogP contribution is -2.15. The topological polar surface area (TPSA) is 40.7 Å². The molecule has 1 heterocycles. The smallest absolute Gasteiger partial charge is 0.0522 e. The van der Waals surface area contributed by atoms with Crippen LogP contribution >= 0.6 is 23.2 Å². The lowest BCUT2D eigenvalue weighted by atomic mass is 10.1. The highest BCUT2D eigenvalue weighted by Gasteiger charge is 2.02. The molecule has 0 saturated carbocycles. The van der Waals surface area contributed by atoms with E-state index in [1.54, 1.807) is 6.07 Å². The number of hydrogen-bond donors (Lipinski definition) is 2. The van der Waals surface area contributed by atoms with Gasteiger partial charge in [-0.05, 0) is 55.6 Å². The second-order valence-electron chi connectivity index (χ2n) is 4.54. The molecule has 102 valence electrons. The molecule has 0 unspecified atom stereocenters. The van der Waals surface area contributed by atoms with Crippen molar-refractivity contribution in [1.29, 1.82) is 0 Å². The molecular weight excluding hydrogens is 281 g/mol. The summed E-state index contributed by atoms with van der Waals surface area (Å²) in [4.78, 5) is 0. The minimum absolute atomic E-state index is 0.718. The summed E-state index contributed by atoms with van der Waals surface area (Å²) in [5.41, 5.74) is 3.47. The highest BCUT2D eigenvalue weighted by atomic mass is 35.5. The minimum Gasteiger partial charge on any atom is -0.313 e. The molecule has 0 aliphatic heterocycles. The number of halogens is 2. The number of nitrogens with one attached hydrogen (secondary N) is 2. The first-order valence-corrected chi connectivity index (χ1v) is 7.06. The molecule has 0 aliphatic rings. The number of hydrogen-bond acceptors (Lipinski definition) is 2. The number of aromatic amines is 1. The van der Waals surface area contributed by atoms with Crippen LogP contribution in [0.3, 0.4) is 0 Å². The van der Waals surface area contributed by atoms with Gasteiger partial charge in [-0.2, -0.15) is 5.10 Å². The molecule has 0 radical (unpaired) electrons. The Morgan fingerprint density at radius 3 is 2.84 bits per heavy atom. The third kappa shape index (κ3) is 4.23. The van der Waals surface area contributed by atoms with Crippen LogP contribution in [0.1, 0.15) is 23.2 Å². The average Bonchev–Trinajstić information content (AvgIpc) is 2.79. The van der Waals surface area contributed by atoms with E-state index in [0.29, 0.717) is 0 Å². The lowest BCUT2D eigenvalue weighted by Gasteiger charge is -2.07. The van der Waals surface area contributed by atoms with Crippen molar-refractivity contribution in [3.63, 3.8) is 0 Å². The normalized spacial score (nSPS) is 10.9. The van der Waals surface area contributed by atoms with E-state index in [-0.39, 0.29) is 0 Å². The Hall–Kier alpha value is -1.03. The van der Waals surface area contributed by atoms with Crippen LogP contribution in [0.25, 0.3) is 0 Å². The van der Waals surface area contributed by atoms with E-state index < -0.39 is 0 Å². The Balaban J connectivity index is 1.72. The van der Waals surface area contributed by atoms with E-state index >= 15 is 0 Å². The number of nitrogens with zero attached hydrogens (tertiary/aromatic N) is 1. The monoisotopic (exact) mass is 297 g/mol. The summed E-state index contributed by atoms with van der Waals surface area (Å²) >= 11 is 12.0. The molecule has 0 aliphatic carbocycles. The second-order valence-corrected chi connectivity index (χ2v) is 5.38. The zero-order chi connectivity index (χ0) is 13.7. The maximum atomic E-state index is 6.10. The SMILES string of the molecule is Cc1[nH]ncc1CCCNCc1cc(Cl)ccc1Cl. The Morgan fingerprint density at radius 2 is 2.11 bits per heavy atom. The van der Waals surface area contributed by atoms with E-state index in [0.717, 1.165) is 47.2 Å². The number of aromatic nitrogens is 2. The summed E-state index contributed by atoms with van der Waals surface area (Å²) in [6.07, 6.45) is 3.99. The molecule has 1 aromatic heterocycles. The number of benzene rings is 1. The van der Waals surface area contributed by atoms with Gasteiger partial charge in [0.05, 0.1) is 6.20 Å².